The average Bonchev–Trinajstić information content (AvgIpc) is 2.95. The molecule has 2 aromatic rings. The van der Waals surface area contributed by atoms with Gasteiger partial charge in [-0.15, -0.1) is 0 Å². The fourth-order valence-corrected chi connectivity index (χ4v) is 4.68. The average molecular weight is 408 g/mol. The van der Waals surface area contributed by atoms with E-state index >= 15 is 0 Å². The molecular formula is C23H29N5O2. The highest BCUT2D eigenvalue weighted by molar-refractivity contribution is 5.94. The summed E-state index contributed by atoms with van der Waals surface area (Å²) in [5, 5.41) is 9.68. The third kappa shape index (κ3) is 3.86. The minimum Gasteiger partial charge on any atom is -0.508 e. The maximum absolute atomic E-state index is 12.9. The van der Waals surface area contributed by atoms with Crippen LogP contribution in [0.3, 0.4) is 0 Å². The first-order valence-electron chi connectivity index (χ1n) is 11.1. The van der Waals surface area contributed by atoms with Gasteiger partial charge in [-0.05, 0) is 43.0 Å². The smallest absolute Gasteiger partial charge is 0.254 e. The number of rotatable bonds is 3. The summed E-state index contributed by atoms with van der Waals surface area (Å²) in [5.74, 6) is 0.903. The Kier molecular flexibility index (Phi) is 5.29. The Morgan fingerprint density at radius 3 is 2.57 bits per heavy atom. The van der Waals surface area contributed by atoms with Gasteiger partial charge < -0.3 is 14.9 Å². The number of anilines is 1. The van der Waals surface area contributed by atoms with E-state index in [9.17, 15) is 9.90 Å². The van der Waals surface area contributed by atoms with Crippen molar-refractivity contribution in [1.82, 2.24) is 19.8 Å². The first-order chi connectivity index (χ1) is 14.7. The number of benzene rings is 1. The lowest BCUT2D eigenvalue weighted by atomic mass is 9.91. The third-order valence-electron chi connectivity index (χ3n) is 6.78. The van der Waals surface area contributed by atoms with Crippen LogP contribution in [-0.4, -0.2) is 76.1 Å². The summed E-state index contributed by atoms with van der Waals surface area (Å²) < 4.78 is 0. The molecule has 1 saturated carbocycles. The van der Waals surface area contributed by atoms with Crippen molar-refractivity contribution in [3.8, 4) is 5.75 Å². The van der Waals surface area contributed by atoms with Crippen LogP contribution in [0.15, 0.2) is 30.5 Å². The molecule has 1 saturated heterocycles. The topological polar surface area (TPSA) is 72.8 Å². The van der Waals surface area contributed by atoms with E-state index in [4.69, 9.17) is 4.98 Å². The second-order valence-corrected chi connectivity index (χ2v) is 8.59. The number of aromatic hydroxyl groups is 1. The van der Waals surface area contributed by atoms with E-state index < -0.39 is 0 Å². The summed E-state index contributed by atoms with van der Waals surface area (Å²) in [6.07, 6.45) is 7.54. The van der Waals surface area contributed by atoms with Crippen molar-refractivity contribution in [2.75, 3.05) is 44.2 Å². The molecule has 2 aliphatic heterocycles. The van der Waals surface area contributed by atoms with E-state index in [-0.39, 0.29) is 11.7 Å². The van der Waals surface area contributed by atoms with Gasteiger partial charge in [-0.1, -0.05) is 12.5 Å². The first-order valence-corrected chi connectivity index (χ1v) is 11.1. The molecule has 1 aromatic heterocycles. The van der Waals surface area contributed by atoms with Crippen molar-refractivity contribution in [2.24, 2.45) is 0 Å². The molecule has 1 aromatic carbocycles. The van der Waals surface area contributed by atoms with Gasteiger partial charge in [0.25, 0.3) is 5.91 Å². The molecular weight excluding hydrogens is 378 g/mol. The van der Waals surface area contributed by atoms with Crippen molar-refractivity contribution < 1.29 is 9.90 Å². The van der Waals surface area contributed by atoms with Crippen LogP contribution in [0.1, 0.15) is 40.9 Å². The van der Waals surface area contributed by atoms with Crippen molar-refractivity contribution in [3.05, 3.63) is 47.3 Å². The van der Waals surface area contributed by atoms with Crippen molar-refractivity contribution in [3.63, 3.8) is 0 Å². The molecule has 1 aliphatic carbocycles. The molecule has 0 radical (unpaired) electrons. The number of phenols is 1. The molecule has 7 heteroatoms. The van der Waals surface area contributed by atoms with Crippen LogP contribution in [0.25, 0.3) is 0 Å². The number of aromatic nitrogens is 2. The lowest BCUT2D eigenvalue weighted by Crippen LogP contribution is -2.52. The zero-order chi connectivity index (χ0) is 20.5. The van der Waals surface area contributed by atoms with Gasteiger partial charge in [0.2, 0.25) is 5.95 Å². The van der Waals surface area contributed by atoms with Gasteiger partial charge in [0.1, 0.15) is 5.75 Å². The Bertz CT molecular complexity index is 922. The standard InChI is InChI=1S/C23H29N5O2/c29-20-6-1-3-17(15-20)22(30)27-9-7-18-16-24-23(25-21(18)8-10-27)28-13-11-26(12-14-28)19-4-2-5-19/h1,3,6,15-16,19,29H,2,4-5,7-14H2. The van der Waals surface area contributed by atoms with Crippen molar-refractivity contribution in [1.29, 1.82) is 0 Å². The third-order valence-corrected chi connectivity index (χ3v) is 6.78. The van der Waals surface area contributed by atoms with Crippen LogP contribution in [0.5, 0.6) is 5.75 Å². The van der Waals surface area contributed by atoms with E-state index in [1.54, 1.807) is 18.2 Å². The quantitative estimate of drug-likeness (QED) is 0.840. The predicted octanol–water partition coefficient (Wildman–Crippen LogP) is 2.10. The molecule has 3 heterocycles. The normalized spacial score (nSPS) is 20.4. The Labute approximate surface area is 177 Å². The zero-order valence-electron chi connectivity index (χ0n) is 17.3. The first kappa shape index (κ1) is 19.3. The van der Waals surface area contributed by atoms with Crippen LogP contribution < -0.4 is 4.90 Å². The van der Waals surface area contributed by atoms with Crippen LogP contribution in [-0.2, 0) is 12.8 Å². The highest BCUT2D eigenvalue weighted by Gasteiger charge is 2.29. The van der Waals surface area contributed by atoms with E-state index in [2.05, 4.69) is 14.8 Å². The molecule has 158 valence electrons. The zero-order valence-corrected chi connectivity index (χ0v) is 17.3. The highest BCUT2D eigenvalue weighted by Crippen LogP contribution is 2.26. The van der Waals surface area contributed by atoms with Gasteiger partial charge in [-0.3, -0.25) is 9.69 Å². The molecule has 7 nitrogen and oxygen atoms in total. The minimum atomic E-state index is -0.0426. The molecule has 1 amide bonds. The van der Waals surface area contributed by atoms with E-state index in [0.29, 0.717) is 18.7 Å². The summed E-state index contributed by atoms with van der Waals surface area (Å²) in [6, 6.07) is 7.37. The number of fused-ring (bicyclic) bond motifs is 1. The summed E-state index contributed by atoms with van der Waals surface area (Å²) >= 11 is 0. The largest absolute Gasteiger partial charge is 0.508 e. The molecule has 3 aliphatic rings. The maximum Gasteiger partial charge on any atom is 0.254 e. The Balaban J connectivity index is 1.24. The van der Waals surface area contributed by atoms with E-state index in [0.717, 1.165) is 62.3 Å². The summed E-state index contributed by atoms with van der Waals surface area (Å²) in [7, 11) is 0. The van der Waals surface area contributed by atoms with E-state index in [1.165, 1.54) is 25.3 Å². The number of carbonyl (C=O) groups is 1. The second-order valence-electron chi connectivity index (χ2n) is 8.59. The fraction of sp³-hybridized carbons (Fsp3) is 0.522. The molecule has 0 spiro atoms. The number of amides is 1. The fourth-order valence-electron chi connectivity index (χ4n) is 4.68. The van der Waals surface area contributed by atoms with Gasteiger partial charge in [-0.2, -0.15) is 0 Å². The SMILES string of the molecule is O=C(c1cccc(O)c1)N1CCc2cnc(N3CCN(C4CCC4)CC3)nc2CC1. The number of hydrogen-bond donors (Lipinski definition) is 1. The predicted molar refractivity (Wildman–Crippen MR) is 115 cm³/mol. The Morgan fingerprint density at radius 1 is 1.03 bits per heavy atom. The maximum atomic E-state index is 12.9. The summed E-state index contributed by atoms with van der Waals surface area (Å²) in [6.45, 7) is 5.43. The summed E-state index contributed by atoms with van der Waals surface area (Å²) in [5.41, 5.74) is 2.72. The number of nitrogens with zero attached hydrogens (tertiary/aromatic N) is 5. The van der Waals surface area contributed by atoms with Crippen LogP contribution in [0, 0.1) is 0 Å². The molecule has 0 bridgehead atoms. The lowest BCUT2D eigenvalue weighted by Gasteiger charge is -2.43. The molecule has 1 N–H and O–H groups in total. The van der Waals surface area contributed by atoms with Crippen LogP contribution in [0.2, 0.25) is 0 Å². The van der Waals surface area contributed by atoms with Crippen LogP contribution >= 0.6 is 0 Å². The number of phenolic OH excluding ortho intramolecular Hbond substituents is 1. The van der Waals surface area contributed by atoms with E-state index in [1.807, 2.05) is 11.1 Å². The molecule has 2 fully saturated rings. The van der Waals surface area contributed by atoms with Gasteiger partial charge in [0.05, 0.1) is 5.69 Å². The van der Waals surface area contributed by atoms with Gasteiger partial charge >= 0.3 is 0 Å². The molecule has 30 heavy (non-hydrogen) atoms. The Morgan fingerprint density at radius 2 is 1.83 bits per heavy atom. The van der Waals surface area contributed by atoms with Gasteiger partial charge in [-0.25, -0.2) is 9.97 Å². The lowest BCUT2D eigenvalue weighted by molar-refractivity contribution is 0.0762. The molecule has 0 unspecified atom stereocenters. The van der Waals surface area contributed by atoms with Crippen molar-refractivity contribution >= 4 is 11.9 Å². The number of carbonyl (C=O) groups excluding carboxylic acids is 1. The minimum absolute atomic E-state index is 0.0426. The molecule has 5 rings (SSSR count). The Hall–Kier alpha value is -2.67. The highest BCUT2D eigenvalue weighted by atomic mass is 16.3. The molecule has 0 atom stereocenters. The summed E-state index contributed by atoms with van der Waals surface area (Å²) in [4.78, 5) is 29.2. The number of piperazine rings is 1. The van der Waals surface area contributed by atoms with Gasteiger partial charge in [0.15, 0.2) is 0 Å². The van der Waals surface area contributed by atoms with Crippen LogP contribution in [0.4, 0.5) is 5.95 Å². The second kappa shape index (κ2) is 8.22. The van der Waals surface area contributed by atoms with Gasteiger partial charge in [0, 0.05) is 63.5 Å². The number of hydrogen-bond acceptors (Lipinski definition) is 6. The monoisotopic (exact) mass is 407 g/mol. The van der Waals surface area contributed by atoms with Crippen molar-refractivity contribution in [2.45, 2.75) is 38.1 Å².